The lowest BCUT2D eigenvalue weighted by atomic mass is 9.97. The van der Waals surface area contributed by atoms with Crippen molar-refractivity contribution in [2.24, 2.45) is 5.92 Å². The Bertz CT molecular complexity index is 801. The fourth-order valence-electron chi connectivity index (χ4n) is 2.86. The summed E-state index contributed by atoms with van der Waals surface area (Å²) in [6.45, 7) is 7.71. The smallest absolute Gasteiger partial charge is 0.410 e. The van der Waals surface area contributed by atoms with Crippen LogP contribution in [0.4, 0.5) is 10.5 Å². The SMILES string of the molecule is C[C@@H](OC(=O)C1CCN(C(=O)OC(C)(C)C)CC1)C(=O)Nc1cccc(C#N)c1. The highest BCUT2D eigenvalue weighted by Gasteiger charge is 2.32. The first-order chi connectivity index (χ1) is 13.6. The Hall–Kier alpha value is -3.08. The van der Waals surface area contributed by atoms with E-state index in [0.29, 0.717) is 37.2 Å². The number of nitrogens with zero attached hydrogens (tertiary/aromatic N) is 2. The molecule has 1 atom stereocenters. The molecule has 8 nitrogen and oxygen atoms in total. The molecule has 0 aromatic heterocycles. The number of benzene rings is 1. The van der Waals surface area contributed by atoms with E-state index in [1.54, 1.807) is 49.9 Å². The van der Waals surface area contributed by atoms with Crippen molar-refractivity contribution in [1.82, 2.24) is 4.90 Å². The molecule has 2 rings (SSSR count). The summed E-state index contributed by atoms with van der Waals surface area (Å²) in [5.74, 6) is -1.30. The summed E-state index contributed by atoms with van der Waals surface area (Å²) >= 11 is 0. The molecule has 1 aromatic carbocycles. The van der Waals surface area contributed by atoms with Crippen LogP contribution >= 0.6 is 0 Å². The molecule has 0 spiro atoms. The molecule has 1 aliphatic rings. The molecule has 0 radical (unpaired) electrons. The molecule has 1 saturated heterocycles. The molecule has 1 N–H and O–H groups in total. The number of carbonyl (C=O) groups is 3. The number of esters is 1. The second-order valence-electron chi connectivity index (χ2n) is 8.00. The van der Waals surface area contributed by atoms with E-state index < -0.39 is 29.7 Å². The Morgan fingerprint density at radius 3 is 2.48 bits per heavy atom. The summed E-state index contributed by atoms with van der Waals surface area (Å²) in [5, 5.41) is 11.5. The second kappa shape index (κ2) is 9.41. The number of likely N-dealkylation sites (tertiary alicyclic amines) is 1. The number of carbonyl (C=O) groups excluding carboxylic acids is 3. The van der Waals surface area contributed by atoms with E-state index in [4.69, 9.17) is 14.7 Å². The van der Waals surface area contributed by atoms with Gasteiger partial charge in [0.05, 0.1) is 17.6 Å². The summed E-state index contributed by atoms with van der Waals surface area (Å²) in [6, 6.07) is 8.47. The van der Waals surface area contributed by atoms with Crippen LogP contribution in [-0.4, -0.2) is 47.7 Å². The van der Waals surface area contributed by atoms with Crippen LogP contribution in [0, 0.1) is 17.2 Å². The Balaban J connectivity index is 1.82. The number of hydrogen-bond acceptors (Lipinski definition) is 6. The summed E-state index contributed by atoms with van der Waals surface area (Å²) in [7, 11) is 0. The predicted octanol–water partition coefficient (Wildman–Crippen LogP) is 3.08. The van der Waals surface area contributed by atoms with Crippen LogP contribution in [0.3, 0.4) is 0 Å². The standard InChI is InChI=1S/C21H27N3O5/c1-14(18(25)23-17-7-5-6-15(12-17)13-22)28-19(26)16-8-10-24(11-9-16)20(27)29-21(2,3)4/h5-7,12,14,16H,8-11H2,1-4H3,(H,23,25)/t14-/m1/s1. The fourth-order valence-corrected chi connectivity index (χ4v) is 2.86. The Labute approximate surface area is 170 Å². The van der Waals surface area contributed by atoms with Gasteiger partial charge in [0.1, 0.15) is 5.60 Å². The van der Waals surface area contributed by atoms with E-state index in [2.05, 4.69) is 5.32 Å². The quantitative estimate of drug-likeness (QED) is 0.777. The largest absolute Gasteiger partial charge is 0.452 e. The average Bonchev–Trinajstić information content (AvgIpc) is 2.66. The van der Waals surface area contributed by atoms with Gasteiger partial charge in [-0.15, -0.1) is 0 Å². The number of hydrogen-bond donors (Lipinski definition) is 1. The lowest BCUT2D eigenvalue weighted by molar-refractivity contribution is -0.158. The maximum Gasteiger partial charge on any atom is 0.410 e. The van der Waals surface area contributed by atoms with E-state index in [-0.39, 0.29) is 5.92 Å². The van der Waals surface area contributed by atoms with Gasteiger partial charge in [0.15, 0.2) is 6.10 Å². The maximum absolute atomic E-state index is 12.4. The minimum Gasteiger partial charge on any atom is -0.452 e. The van der Waals surface area contributed by atoms with Gasteiger partial charge in [-0.05, 0) is 58.7 Å². The monoisotopic (exact) mass is 401 g/mol. The molecule has 29 heavy (non-hydrogen) atoms. The Morgan fingerprint density at radius 2 is 1.90 bits per heavy atom. The third kappa shape index (κ3) is 6.79. The van der Waals surface area contributed by atoms with Crippen molar-refractivity contribution in [2.75, 3.05) is 18.4 Å². The van der Waals surface area contributed by atoms with Crippen LogP contribution in [0.25, 0.3) is 0 Å². The number of nitrogens with one attached hydrogen (secondary N) is 1. The van der Waals surface area contributed by atoms with Gasteiger partial charge in [-0.1, -0.05) is 6.07 Å². The molecule has 1 fully saturated rings. The minimum absolute atomic E-state index is 0.370. The molecule has 1 heterocycles. The van der Waals surface area contributed by atoms with E-state index in [1.807, 2.05) is 6.07 Å². The molecule has 0 unspecified atom stereocenters. The van der Waals surface area contributed by atoms with Crippen molar-refractivity contribution in [1.29, 1.82) is 5.26 Å². The van der Waals surface area contributed by atoms with Crippen molar-refractivity contribution >= 4 is 23.7 Å². The normalized spacial score (nSPS) is 15.8. The molecular formula is C21H27N3O5. The number of ether oxygens (including phenoxy) is 2. The van der Waals surface area contributed by atoms with Gasteiger partial charge in [-0.3, -0.25) is 9.59 Å². The third-order valence-corrected chi connectivity index (χ3v) is 4.40. The van der Waals surface area contributed by atoms with Crippen molar-refractivity contribution in [2.45, 2.75) is 52.2 Å². The number of amides is 2. The maximum atomic E-state index is 12.4. The average molecular weight is 401 g/mol. The zero-order chi connectivity index (χ0) is 21.6. The molecule has 8 heteroatoms. The van der Waals surface area contributed by atoms with Crippen LogP contribution in [0.1, 0.15) is 46.1 Å². The van der Waals surface area contributed by atoms with Gasteiger partial charge in [-0.25, -0.2) is 4.79 Å². The zero-order valence-corrected chi connectivity index (χ0v) is 17.2. The summed E-state index contributed by atoms with van der Waals surface area (Å²) in [6.07, 6.45) is -0.457. The van der Waals surface area contributed by atoms with E-state index in [1.165, 1.54) is 6.92 Å². The Morgan fingerprint density at radius 1 is 1.24 bits per heavy atom. The van der Waals surface area contributed by atoms with Gasteiger partial charge in [0.2, 0.25) is 0 Å². The minimum atomic E-state index is -0.975. The highest BCUT2D eigenvalue weighted by molar-refractivity contribution is 5.95. The topological polar surface area (TPSA) is 109 Å². The van der Waals surface area contributed by atoms with Crippen molar-refractivity contribution in [3.8, 4) is 6.07 Å². The summed E-state index contributed by atoms with van der Waals surface area (Å²) in [5.41, 5.74) is 0.314. The third-order valence-electron chi connectivity index (χ3n) is 4.40. The number of rotatable bonds is 4. The molecule has 1 aliphatic heterocycles. The van der Waals surface area contributed by atoms with Crippen LogP contribution in [0.15, 0.2) is 24.3 Å². The zero-order valence-electron chi connectivity index (χ0n) is 17.2. The second-order valence-corrected chi connectivity index (χ2v) is 8.00. The number of nitriles is 1. The number of piperidine rings is 1. The molecule has 2 amide bonds. The first-order valence-corrected chi connectivity index (χ1v) is 9.58. The first-order valence-electron chi connectivity index (χ1n) is 9.58. The van der Waals surface area contributed by atoms with Crippen LogP contribution < -0.4 is 5.32 Å². The molecule has 0 bridgehead atoms. The van der Waals surface area contributed by atoms with Gasteiger partial charge in [0, 0.05) is 18.8 Å². The summed E-state index contributed by atoms with van der Waals surface area (Å²) in [4.78, 5) is 38.3. The molecule has 156 valence electrons. The van der Waals surface area contributed by atoms with Crippen LogP contribution in [0.2, 0.25) is 0 Å². The lowest BCUT2D eigenvalue weighted by Gasteiger charge is -2.32. The molecule has 0 saturated carbocycles. The fraction of sp³-hybridized carbons (Fsp3) is 0.524. The first kappa shape index (κ1) is 22.2. The van der Waals surface area contributed by atoms with E-state index in [0.717, 1.165) is 0 Å². The van der Waals surface area contributed by atoms with Crippen molar-refractivity contribution < 1.29 is 23.9 Å². The lowest BCUT2D eigenvalue weighted by Crippen LogP contribution is -2.43. The van der Waals surface area contributed by atoms with Gasteiger partial charge < -0.3 is 19.7 Å². The van der Waals surface area contributed by atoms with E-state index >= 15 is 0 Å². The van der Waals surface area contributed by atoms with Crippen molar-refractivity contribution in [3.63, 3.8) is 0 Å². The highest BCUT2D eigenvalue weighted by Crippen LogP contribution is 2.21. The molecule has 0 aliphatic carbocycles. The van der Waals surface area contributed by atoms with Crippen molar-refractivity contribution in [3.05, 3.63) is 29.8 Å². The Kier molecular flexibility index (Phi) is 7.21. The van der Waals surface area contributed by atoms with Gasteiger partial charge >= 0.3 is 12.1 Å². The van der Waals surface area contributed by atoms with E-state index in [9.17, 15) is 14.4 Å². The number of anilines is 1. The van der Waals surface area contributed by atoms with Gasteiger partial charge in [0.25, 0.3) is 5.91 Å². The van der Waals surface area contributed by atoms with Crippen LogP contribution in [0.5, 0.6) is 0 Å². The van der Waals surface area contributed by atoms with Crippen LogP contribution in [-0.2, 0) is 19.1 Å². The van der Waals surface area contributed by atoms with Gasteiger partial charge in [-0.2, -0.15) is 5.26 Å². The highest BCUT2D eigenvalue weighted by atomic mass is 16.6. The molecule has 1 aromatic rings. The summed E-state index contributed by atoms with van der Waals surface area (Å²) < 4.78 is 10.6. The predicted molar refractivity (Wildman–Crippen MR) is 106 cm³/mol. The molecular weight excluding hydrogens is 374 g/mol.